The number of carbonyl (C=O) groups is 1. The number of carbonyl (C=O) groups excluding carboxylic acids is 1. The van der Waals surface area contributed by atoms with E-state index in [9.17, 15) is 4.79 Å². The third-order valence-corrected chi connectivity index (χ3v) is 2.20. The number of anilines is 1. The first-order valence-electron chi connectivity index (χ1n) is 5.36. The highest BCUT2D eigenvalue weighted by Gasteiger charge is 2.15. The van der Waals surface area contributed by atoms with Gasteiger partial charge in [0, 0.05) is 18.7 Å². The van der Waals surface area contributed by atoms with E-state index in [4.69, 9.17) is 4.42 Å². The standard InChI is InChI=1S/C12H19NO2/c1-9(2)7-13(10(3)4)12-6-5-11(8-14)15-12/h5-6,8-10H,7H2,1-4H3. The predicted octanol–water partition coefficient (Wildman–Crippen LogP) is 2.96. The van der Waals surface area contributed by atoms with Crippen LogP contribution < -0.4 is 4.90 Å². The number of furan rings is 1. The number of aldehydes is 1. The Balaban J connectivity index is 2.83. The van der Waals surface area contributed by atoms with E-state index >= 15 is 0 Å². The molecule has 0 aliphatic rings. The van der Waals surface area contributed by atoms with E-state index in [2.05, 4.69) is 32.6 Å². The molecular formula is C12H19NO2. The Labute approximate surface area is 91.1 Å². The van der Waals surface area contributed by atoms with Crippen molar-refractivity contribution >= 4 is 12.2 Å². The summed E-state index contributed by atoms with van der Waals surface area (Å²) in [7, 11) is 0. The summed E-state index contributed by atoms with van der Waals surface area (Å²) in [6.07, 6.45) is 0.734. The second-order valence-electron chi connectivity index (χ2n) is 4.43. The van der Waals surface area contributed by atoms with Crippen LogP contribution in [0.4, 0.5) is 5.88 Å². The van der Waals surface area contributed by atoms with Crippen molar-refractivity contribution in [2.75, 3.05) is 11.4 Å². The van der Waals surface area contributed by atoms with E-state index in [1.165, 1.54) is 0 Å². The van der Waals surface area contributed by atoms with E-state index in [1.54, 1.807) is 6.07 Å². The lowest BCUT2D eigenvalue weighted by Crippen LogP contribution is -2.33. The molecule has 0 saturated heterocycles. The first-order valence-corrected chi connectivity index (χ1v) is 5.36. The second kappa shape index (κ2) is 5.01. The van der Waals surface area contributed by atoms with Crippen LogP contribution in [0.2, 0.25) is 0 Å². The van der Waals surface area contributed by atoms with Crippen LogP contribution in [0.1, 0.15) is 38.2 Å². The Morgan fingerprint density at radius 2 is 2.00 bits per heavy atom. The summed E-state index contributed by atoms with van der Waals surface area (Å²) >= 11 is 0. The molecule has 0 bridgehead atoms. The zero-order chi connectivity index (χ0) is 11.4. The molecular weight excluding hydrogens is 190 g/mol. The maximum atomic E-state index is 10.5. The maximum Gasteiger partial charge on any atom is 0.196 e. The van der Waals surface area contributed by atoms with Crippen LogP contribution in [0, 0.1) is 5.92 Å². The van der Waals surface area contributed by atoms with Gasteiger partial charge in [-0.15, -0.1) is 0 Å². The minimum Gasteiger partial charge on any atom is -0.438 e. The van der Waals surface area contributed by atoms with Gasteiger partial charge in [-0.1, -0.05) is 13.8 Å². The van der Waals surface area contributed by atoms with Crippen molar-refractivity contribution in [2.24, 2.45) is 5.92 Å². The Hall–Kier alpha value is -1.25. The summed E-state index contributed by atoms with van der Waals surface area (Å²) in [4.78, 5) is 12.7. The van der Waals surface area contributed by atoms with Crippen LogP contribution in [0.3, 0.4) is 0 Å². The van der Waals surface area contributed by atoms with Crippen LogP contribution in [-0.4, -0.2) is 18.9 Å². The zero-order valence-electron chi connectivity index (χ0n) is 9.86. The number of hydrogen-bond acceptors (Lipinski definition) is 3. The van der Waals surface area contributed by atoms with Gasteiger partial charge in [0.2, 0.25) is 0 Å². The molecule has 84 valence electrons. The molecule has 1 aromatic rings. The summed E-state index contributed by atoms with van der Waals surface area (Å²) in [5, 5.41) is 0. The molecule has 15 heavy (non-hydrogen) atoms. The Morgan fingerprint density at radius 3 is 2.40 bits per heavy atom. The molecule has 0 N–H and O–H groups in total. The first kappa shape index (κ1) is 11.8. The fourth-order valence-electron chi connectivity index (χ4n) is 1.51. The number of rotatable bonds is 5. The van der Waals surface area contributed by atoms with Crippen LogP contribution >= 0.6 is 0 Å². The molecule has 0 saturated carbocycles. The van der Waals surface area contributed by atoms with Gasteiger partial charge in [0.1, 0.15) is 0 Å². The lowest BCUT2D eigenvalue weighted by molar-refractivity contribution is 0.110. The lowest BCUT2D eigenvalue weighted by atomic mass is 10.2. The van der Waals surface area contributed by atoms with E-state index in [1.807, 2.05) is 6.07 Å². The summed E-state index contributed by atoms with van der Waals surface area (Å²) < 4.78 is 5.42. The van der Waals surface area contributed by atoms with Crippen molar-refractivity contribution in [2.45, 2.75) is 33.7 Å². The van der Waals surface area contributed by atoms with Gasteiger partial charge in [0.15, 0.2) is 17.9 Å². The lowest BCUT2D eigenvalue weighted by Gasteiger charge is -2.27. The first-order chi connectivity index (χ1) is 7.04. The second-order valence-corrected chi connectivity index (χ2v) is 4.43. The highest BCUT2D eigenvalue weighted by atomic mass is 16.4. The molecule has 0 radical (unpaired) electrons. The smallest absolute Gasteiger partial charge is 0.196 e. The molecule has 0 atom stereocenters. The van der Waals surface area contributed by atoms with Crippen molar-refractivity contribution in [3.63, 3.8) is 0 Å². The fourth-order valence-corrected chi connectivity index (χ4v) is 1.51. The molecule has 1 rings (SSSR count). The number of hydrogen-bond donors (Lipinski definition) is 0. The van der Waals surface area contributed by atoms with Gasteiger partial charge in [0.05, 0.1) is 0 Å². The van der Waals surface area contributed by atoms with Crippen molar-refractivity contribution in [1.29, 1.82) is 0 Å². The molecule has 3 nitrogen and oxygen atoms in total. The van der Waals surface area contributed by atoms with Crippen LogP contribution in [0.15, 0.2) is 16.5 Å². The maximum absolute atomic E-state index is 10.5. The molecule has 0 amide bonds. The van der Waals surface area contributed by atoms with Crippen LogP contribution in [-0.2, 0) is 0 Å². The Kier molecular flexibility index (Phi) is 3.95. The quantitative estimate of drug-likeness (QED) is 0.699. The summed E-state index contributed by atoms with van der Waals surface area (Å²) in [6, 6.07) is 3.93. The Morgan fingerprint density at radius 1 is 1.33 bits per heavy atom. The van der Waals surface area contributed by atoms with Gasteiger partial charge in [-0.3, -0.25) is 4.79 Å². The molecule has 0 fully saturated rings. The van der Waals surface area contributed by atoms with E-state index in [0.717, 1.165) is 18.7 Å². The van der Waals surface area contributed by atoms with Gasteiger partial charge < -0.3 is 9.32 Å². The SMILES string of the molecule is CC(C)CN(c1ccc(C=O)o1)C(C)C. The van der Waals surface area contributed by atoms with Crippen molar-refractivity contribution in [3.05, 3.63) is 17.9 Å². The number of nitrogens with zero attached hydrogens (tertiary/aromatic N) is 1. The Bertz CT molecular complexity index is 315. The average Bonchev–Trinajstić information content (AvgIpc) is 2.61. The van der Waals surface area contributed by atoms with Gasteiger partial charge in [-0.25, -0.2) is 0 Å². The third-order valence-electron chi connectivity index (χ3n) is 2.20. The normalized spacial score (nSPS) is 11.1. The topological polar surface area (TPSA) is 33.5 Å². The summed E-state index contributed by atoms with van der Waals surface area (Å²) in [5.74, 6) is 1.73. The van der Waals surface area contributed by atoms with E-state index in [-0.39, 0.29) is 0 Å². The van der Waals surface area contributed by atoms with Crippen molar-refractivity contribution < 1.29 is 9.21 Å². The van der Waals surface area contributed by atoms with Crippen LogP contribution in [0.5, 0.6) is 0 Å². The molecule has 1 heterocycles. The summed E-state index contributed by atoms with van der Waals surface area (Å²) in [6.45, 7) is 9.50. The predicted molar refractivity (Wildman–Crippen MR) is 61.4 cm³/mol. The minimum absolute atomic E-state index is 0.373. The largest absolute Gasteiger partial charge is 0.438 e. The van der Waals surface area contributed by atoms with Gasteiger partial charge >= 0.3 is 0 Å². The minimum atomic E-state index is 0.373. The highest BCUT2D eigenvalue weighted by Crippen LogP contribution is 2.21. The molecule has 0 spiro atoms. The van der Waals surface area contributed by atoms with Crippen LogP contribution in [0.25, 0.3) is 0 Å². The molecule has 0 unspecified atom stereocenters. The third kappa shape index (κ3) is 3.11. The molecule has 0 aliphatic carbocycles. The molecule has 0 aliphatic heterocycles. The monoisotopic (exact) mass is 209 g/mol. The van der Waals surface area contributed by atoms with E-state index in [0.29, 0.717) is 17.7 Å². The highest BCUT2D eigenvalue weighted by molar-refractivity contribution is 5.71. The van der Waals surface area contributed by atoms with Gasteiger partial charge in [-0.05, 0) is 25.8 Å². The van der Waals surface area contributed by atoms with Gasteiger partial charge in [0.25, 0.3) is 0 Å². The fraction of sp³-hybridized carbons (Fsp3) is 0.583. The van der Waals surface area contributed by atoms with Crippen molar-refractivity contribution in [1.82, 2.24) is 0 Å². The average molecular weight is 209 g/mol. The molecule has 1 aromatic heterocycles. The zero-order valence-corrected chi connectivity index (χ0v) is 9.86. The van der Waals surface area contributed by atoms with E-state index < -0.39 is 0 Å². The molecule has 0 aromatic carbocycles. The van der Waals surface area contributed by atoms with Gasteiger partial charge in [-0.2, -0.15) is 0 Å². The van der Waals surface area contributed by atoms with Crippen molar-refractivity contribution in [3.8, 4) is 0 Å². The summed E-state index contributed by atoms with van der Waals surface area (Å²) in [5.41, 5.74) is 0. The molecule has 3 heteroatoms.